The molecule has 18 heavy (non-hydrogen) atoms. The van der Waals surface area contributed by atoms with Gasteiger partial charge in [0, 0.05) is 0 Å². The van der Waals surface area contributed by atoms with Crippen LogP contribution in [0.3, 0.4) is 0 Å². The van der Waals surface area contributed by atoms with Gasteiger partial charge >= 0.3 is 0 Å². The summed E-state index contributed by atoms with van der Waals surface area (Å²) in [5.41, 5.74) is 0. The van der Waals surface area contributed by atoms with E-state index in [9.17, 15) is 14.7 Å². The molecule has 5 heteroatoms. The van der Waals surface area contributed by atoms with E-state index in [1.54, 1.807) is 38.1 Å². The fourth-order valence-corrected chi connectivity index (χ4v) is 1.38. The Balaban J connectivity index is 2.44. The zero-order valence-electron chi connectivity index (χ0n) is 10.4. The average Bonchev–Trinajstić information content (AvgIpc) is 2.34. The number of nitrogens with one attached hydrogen (secondary N) is 1. The quantitative estimate of drug-likeness (QED) is 0.768. The van der Waals surface area contributed by atoms with Crippen LogP contribution in [0.25, 0.3) is 0 Å². The first kappa shape index (κ1) is 14.0. The van der Waals surface area contributed by atoms with Gasteiger partial charge in [-0.25, -0.2) is 0 Å². The lowest BCUT2D eigenvalue weighted by Gasteiger charge is -2.23. The van der Waals surface area contributed by atoms with Crippen molar-refractivity contribution in [3.8, 4) is 5.75 Å². The van der Waals surface area contributed by atoms with Gasteiger partial charge in [0.15, 0.2) is 6.61 Å². The van der Waals surface area contributed by atoms with Crippen LogP contribution < -0.4 is 15.2 Å². The Labute approximate surface area is 106 Å². The van der Waals surface area contributed by atoms with E-state index >= 15 is 0 Å². The molecule has 1 aromatic carbocycles. The van der Waals surface area contributed by atoms with E-state index in [4.69, 9.17) is 4.74 Å². The minimum Gasteiger partial charge on any atom is -0.548 e. The monoisotopic (exact) mass is 250 g/mol. The summed E-state index contributed by atoms with van der Waals surface area (Å²) in [6, 6.07) is 7.82. The first-order valence-corrected chi connectivity index (χ1v) is 5.68. The third kappa shape index (κ3) is 4.45. The van der Waals surface area contributed by atoms with E-state index in [0.29, 0.717) is 5.75 Å². The van der Waals surface area contributed by atoms with Crippen molar-refractivity contribution in [3.05, 3.63) is 30.3 Å². The minimum absolute atomic E-state index is 0.222. The SMILES string of the molecule is CC(C)C(NC(=O)COc1ccccc1)C(=O)[O-]. The molecule has 1 unspecified atom stereocenters. The van der Waals surface area contributed by atoms with Gasteiger partial charge in [0.2, 0.25) is 0 Å². The summed E-state index contributed by atoms with van der Waals surface area (Å²) in [6.07, 6.45) is 0. The largest absolute Gasteiger partial charge is 0.548 e. The number of hydrogen-bond acceptors (Lipinski definition) is 4. The van der Waals surface area contributed by atoms with Gasteiger partial charge in [0.25, 0.3) is 5.91 Å². The van der Waals surface area contributed by atoms with Crippen molar-refractivity contribution in [2.45, 2.75) is 19.9 Å². The Hall–Kier alpha value is -2.04. The Kier molecular flexibility index (Phi) is 5.17. The molecule has 0 aliphatic heterocycles. The average molecular weight is 250 g/mol. The van der Waals surface area contributed by atoms with Crippen molar-refractivity contribution < 1.29 is 19.4 Å². The van der Waals surface area contributed by atoms with Gasteiger partial charge < -0.3 is 20.0 Å². The van der Waals surface area contributed by atoms with Gasteiger partial charge in [-0.15, -0.1) is 0 Å². The van der Waals surface area contributed by atoms with Crippen molar-refractivity contribution in [2.24, 2.45) is 5.92 Å². The first-order chi connectivity index (χ1) is 8.50. The Morgan fingerprint density at radius 3 is 2.39 bits per heavy atom. The zero-order valence-corrected chi connectivity index (χ0v) is 10.4. The molecule has 0 aliphatic rings. The van der Waals surface area contributed by atoms with Crippen LogP contribution >= 0.6 is 0 Å². The van der Waals surface area contributed by atoms with Crippen molar-refractivity contribution in [1.29, 1.82) is 0 Å². The van der Waals surface area contributed by atoms with E-state index in [-0.39, 0.29) is 12.5 Å². The van der Waals surface area contributed by atoms with Gasteiger partial charge in [-0.1, -0.05) is 32.0 Å². The van der Waals surface area contributed by atoms with Crippen LogP contribution in [0.1, 0.15) is 13.8 Å². The number of carboxylic acid groups (broad SMARTS) is 1. The zero-order chi connectivity index (χ0) is 13.5. The van der Waals surface area contributed by atoms with Crippen LogP contribution in [0, 0.1) is 5.92 Å². The number of carboxylic acids is 1. The van der Waals surface area contributed by atoms with Gasteiger partial charge in [-0.3, -0.25) is 4.79 Å². The predicted octanol–water partition coefficient (Wildman–Crippen LogP) is -0.0439. The van der Waals surface area contributed by atoms with E-state index in [2.05, 4.69) is 5.32 Å². The number of amides is 1. The first-order valence-electron chi connectivity index (χ1n) is 5.68. The van der Waals surface area contributed by atoms with Crippen LogP contribution in [0.5, 0.6) is 5.75 Å². The smallest absolute Gasteiger partial charge is 0.258 e. The lowest BCUT2D eigenvalue weighted by atomic mass is 10.1. The fourth-order valence-electron chi connectivity index (χ4n) is 1.38. The van der Waals surface area contributed by atoms with Crippen molar-refractivity contribution in [3.63, 3.8) is 0 Å². The highest BCUT2D eigenvalue weighted by Gasteiger charge is 2.17. The molecule has 98 valence electrons. The summed E-state index contributed by atoms with van der Waals surface area (Å²) >= 11 is 0. The normalized spacial score (nSPS) is 11.9. The summed E-state index contributed by atoms with van der Waals surface area (Å²) in [5, 5.41) is 13.1. The second-order valence-electron chi connectivity index (χ2n) is 4.21. The Morgan fingerprint density at radius 2 is 1.89 bits per heavy atom. The maximum absolute atomic E-state index is 11.5. The molecule has 0 radical (unpaired) electrons. The number of rotatable bonds is 6. The van der Waals surface area contributed by atoms with Crippen LogP contribution in [0.2, 0.25) is 0 Å². The fraction of sp³-hybridized carbons (Fsp3) is 0.385. The van der Waals surface area contributed by atoms with E-state index < -0.39 is 17.9 Å². The van der Waals surface area contributed by atoms with Gasteiger partial charge in [-0.2, -0.15) is 0 Å². The number of benzene rings is 1. The summed E-state index contributed by atoms with van der Waals surface area (Å²) in [7, 11) is 0. The molecule has 1 amide bonds. The Bertz CT molecular complexity index is 403. The van der Waals surface area contributed by atoms with Gasteiger partial charge in [0.05, 0.1) is 12.0 Å². The topological polar surface area (TPSA) is 78.5 Å². The molecule has 0 saturated carbocycles. The molecule has 0 heterocycles. The number of aliphatic carboxylic acids is 1. The molecule has 5 nitrogen and oxygen atoms in total. The molecule has 1 atom stereocenters. The lowest BCUT2D eigenvalue weighted by molar-refractivity contribution is -0.309. The van der Waals surface area contributed by atoms with Crippen LogP contribution in [-0.4, -0.2) is 24.5 Å². The maximum Gasteiger partial charge on any atom is 0.258 e. The van der Waals surface area contributed by atoms with Crippen molar-refractivity contribution >= 4 is 11.9 Å². The second-order valence-corrected chi connectivity index (χ2v) is 4.21. The molecule has 0 aromatic heterocycles. The van der Waals surface area contributed by atoms with Gasteiger partial charge in [0.1, 0.15) is 5.75 Å². The number of carbonyl (C=O) groups is 2. The third-order valence-electron chi connectivity index (χ3n) is 2.35. The number of carbonyl (C=O) groups excluding carboxylic acids is 2. The maximum atomic E-state index is 11.5. The standard InChI is InChI=1S/C13H17NO4/c1-9(2)12(13(16)17)14-11(15)8-18-10-6-4-3-5-7-10/h3-7,9,12H,8H2,1-2H3,(H,14,15)(H,16,17)/p-1. The van der Waals surface area contributed by atoms with Crippen molar-refractivity contribution in [1.82, 2.24) is 5.32 Å². The minimum atomic E-state index is -1.29. The highest BCUT2D eigenvalue weighted by molar-refractivity contribution is 5.83. The number of para-hydroxylation sites is 1. The van der Waals surface area contributed by atoms with Crippen LogP contribution in [-0.2, 0) is 9.59 Å². The Morgan fingerprint density at radius 1 is 1.28 bits per heavy atom. The van der Waals surface area contributed by atoms with Gasteiger partial charge in [-0.05, 0) is 18.1 Å². The summed E-state index contributed by atoms with van der Waals surface area (Å²) in [4.78, 5) is 22.3. The summed E-state index contributed by atoms with van der Waals surface area (Å²) in [5.74, 6) is -1.46. The second kappa shape index (κ2) is 6.64. The highest BCUT2D eigenvalue weighted by Crippen LogP contribution is 2.08. The molecule has 0 saturated heterocycles. The third-order valence-corrected chi connectivity index (χ3v) is 2.35. The number of ether oxygens (including phenoxy) is 1. The summed E-state index contributed by atoms with van der Waals surface area (Å²) in [6.45, 7) is 3.16. The van der Waals surface area contributed by atoms with Crippen molar-refractivity contribution in [2.75, 3.05) is 6.61 Å². The van der Waals surface area contributed by atoms with Crippen LogP contribution in [0.4, 0.5) is 0 Å². The molecule has 0 fully saturated rings. The predicted molar refractivity (Wildman–Crippen MR) is 63.7 cm³/mol. The highest BCUT2D eigenvalue weighted by atomic mass is 16.5. The molecular formula is C13H16NO4-. The molecular weight excluding hydrogens is 234 g/mol. The molecule has 0 aliphatic carbocycles. The molecule has 0 bridgehead atoms. The van der Waals surface area contributed by atoms with E-state index in [1.165, 1.54) is 0 Å². The van der Waals surface area contributed by atoms with Crippen LogP contribution in [0.15, 0.2) is 30.3 Å². The number of hydrogen-bond donors (Lipinski definition) is 1. The van der Waals surface area contributed by atoms with E-state index in [1.807, 2.05) is 6.07 Å². The lowest BCUT2D eigenvalue weighted by Crippen LogP contribution is -2.51. The van der Waals surface area contributed by atoms with E-state index in [0.717, 1.165) is 0 Å². The molecule has 1 rings (SSSR count). The summed E-state index contributed by atoms with van der Waals surface area (Å²) < 4.78 is 5.20. The molecule has 0 spiro atoms. The molecule has 1 aromatic rings. The molecule has 1 N–H and O–H groups in total.